The Balaban J connectivity index is 1.80. The number of hydrogen-bond acceptors (Lipinski definition) is 3. The van der Waals surface area contributed by atoms with Crippen molar-refractivity contribution in [1.82, 2.24) is 9.97 Å². The zero-order valence-corrected chi connectivity index (χ0v) is 12.8. The third kappa shape index (κ3) is 3.36. The van der Waals surface area contributed by atoms with Gasteiger partial charge in [0.05, 0.1) is 21.8 Å². The summed E-state index contributed by atoms with van der Waals surface area (Å²) in [6.45, 7) is 0. The number of imidazole rings is 1. The minimum atomic E-state index is -1.17. The second-order valence-electron chi connectivity index (χ2n) is 5.29. The smallest absolute Gasteiger partial charge is 0.411 e. The standard InChI is InChI=1S/C15H17N3O3S/c19-15(20)18-14-16-12-7-6-11(8-13(12)17-14)22(21)9-10-4-2-1-3-5-10/h4,6-8H,1-3,5,9H2,(H,19,20)(H2,16,17,18). The number of rotatable bonds is 4. The SMILES string of the molecule is O=C(O)Nc1nc2ccc(S(=O)CC3=CCCCC3)cc2[nH]1. The van der Waals surface area contributed by atoms with Crippen molar-refractivity contribution in [1.29, 1.82) is 0 Å². The van der Waals surface area contributed by atoms with Crippen LogP contribution in [0.2, 0.25) is 0 Å². The van der Waals surface area contributed by atoms with E-state index in [2.05, 4.69) is 21.4 Å². The fourth-order valence-electron chi connectivity index (χ4n) is 2.58. The molecule has 0 saturated carbocycles. The van der Waals surface area contributed by atoms with Crippen molar-refractivity contribution < 1.29 is 14.1 Å². The largest absolute Gasteiger partial charge is 0.465 e. The van der Waals surface area contributed by atoms with E-state index in [0.717, 1.165) is 17.7 Å². The highest BCUT2D eigenvalue weighted by Crippen LogP contribution is 2.22. The van der Waals surface area contributed by atoms with Crippen molar-refractivity contribution in [3.8, 4) is 0 Å². The Hall–Kier alpha value is -2.15. The number of aromatic nitrogens is 2. The third-order valence-corrected chi connectivity index (χ3v) is 5.06. The molecule has 0 spiro atoms. The number of carbonyl (C=O) groups is 1. The maximum atomic E-state index is 12.5. The molecule has 1 unspecified atom stereocenters. The highest BCUT2D eigenvalue weighted by atomic mass is 32.2. The van der Waals surface area contributed by atoms with E-state index >= 15 is 0 Å². The van der Waals surface area contributed by atoms with Crippen molar-refractivity contribution in [3.05, 3.63) is 29.8 Å². The van der Waals surface area contributed by atoms with Crippen LogP contribution >= 0.6 is 0 Å². The van der Waals surface area contributed by atoms with Crippen LogP contribution in [-0.2, 0) is 10.8 Å². The minimum Gasteiger partial charge on any atom is -0.465 e. The van der Waals surface area contributed by atoms with Crippen LogP contribution in [-0.4, -0.2) is 31.1 Å². The average molecular weight is 319 g/mol. The van der Waals surface area contributed by atoms with Crippen LogP contribution in [0.4, 0.5) is 10.7 Å². The van der Waals surface area contributed by atoms with Gasteiger partial charge in [0.1, 0.15) is 0 Å². The Kier molecular flexibility index (Phi) is 4.24. The summed E-state index contributed by atoms with van der Waals surface area (Å²) in [7, 11) is -1.09. The van der Waals surface area contributed by atoms with E-state index < -0.39 is 16.9 Å². The highest BCUT2D eigenvalue weighted by Gasteiger charge is 2.12. The van der Waals surface area contributed by atoms with Crippen LogP contribution in [0.3, 0.4) is 0 Å². The molecule has 116 valence electrons. The molecular formula is C15H17N3O3S. The first-order chi connectivity index (χ1) is 10.6. The molecule has 2 aromatic rings. The Morgan fingerprint density at radius 3 is 3.00 bits per heavy atom. The lowest BCUT2D eigenvalue weighted by Gasteiger charge is -2.12. The fraction of sp³-hybridized carbons (Fsp3) is 0.333. The van der Waals surface area contributed by atoms with Gasteiger partial charge in [0.25, 0.3) is 0 Å². The van der Waals surface area contributed by atoms with Crippen LogP contribution < -0.4 is 5.32 Å². The lowest BCUT2D eigenvalue weighted by atomic mass is 10.0. The summed E-state index contributed by atoms with van der Waals surface area (Å²) in [5, 5.41) is 10.9. The van der Waals surface area contributed by atoms with E-state index in [1.807, 2.05) is 0 Å². The first kappa shape index (κ1) is 14.8. The van der Waals surface area contributed by atoms with E-state index in [-0.39, 0.29) is 5.95 Å². The number of fused-ring (bicyclic) bond motifs is 1. The first-order valence-corrected chi connectivity index (χ1v) is 8.50. The number of nitrogens with zero attached hydrogens (tertiary/aromatic N) is 1. The molecule has 1 amide bonds. The van der Waals surface area contributed by atoms with E-state index in [0.29, 0.717) is 16.8 Å². The first-order valence-electron chi connectivity index (χ1n) is 7.18. The van der Waals surface area contributed by atoms with Crippen molar-refractivity contribution in [2.45, 2.75) is 30.6 Å². The molecule has 1 heterocycles. The number of nitrogens with one attached hydrogen (secondary N) is 2. The van der Waals surface area contributed by atoms with Crippen LogP contribution in [0.1, 0.15) is 25.7 Å². The lowest BCUT2D eigenvalue weighted by molar-refractivity contribution is 0.209. The van der Waals surface area contributed by atoms with E-state index in [1.165, 1.54) is 18.4 Å². The molecule has 6 nitrogen and oxygen atoms in total. The summed E-state index contributed by atoms with van der Waals surface area (Å²) in [6.07, 6.45) is 5.53. The quantitative estimate of drug-likeness (QED) is 0.754. The van der Waals surface area contributed by atoms with Gasteiger partial charge in [-0.25, -0.2) is 9.78 Å². The monoisotopic (exact) mass is 319 g/mol. The molecule has 3 rings (SSSR count). The molecule has 1 aliphatic carbocycles. The maximum absolute atomic E-state index is 12.5. The molecule has 0 saturated heterocycles. The molecule has 3 N–H and O–H groups in total. The summed E-state index contributed by atoms with van der Waals surface area (Å²) in [6, 6.07) is 5.31. The van der Waals surface area contributed by atoms with Gasteiger partial charge in [0.2, 0.25) is 5.95 Å². The van der Waals surface area contributed by atoms with Crippen molar-refractivity contribution in [2.24, 2.45) is 0 Å². The van der Waals surface area contributed by atoms with Gasteiger partial charge >= 0.3 is 6.09 Å². The summed E-state index contributed by atoms with van der Waals surface area (Å²) in [5.74, 6) is 0.736. The van der Waals surface area contributed by atoms with Crippen LogP contribution in [0.25, 0.3) is 11.0 Å². The Labute approximate surface area is 130 Å². The van der Waals surface area contributed by atoms with Crippen LogP contribution in [0.5, 0.6) is 0 Å². The highest BCUT2D eigenvalue weighted by molar-refractivity contribution is 7.85. The summed E-state index contributed by atoms with van der Waals surface area (Å²) < 4.78 is 12.5. The Morgan fingerprint density at radius 2 is 2.27 bits per heavy atom. The predicted molar refractivity (Wildman–Crippen MR) is 85.6 cm³/mol. The second-order valence-corrected chi connectivity index (χ2v) is 6.74. The zero-order chi connectivity index (χ0) is 15.5. The molecule has 0 bridgehead atoms. The second kappa shape index (κ2) is 6.31. The normalized spacial score (nSPS) is 16.3. The van der Waals surface area contributed by atoms with Gasteiger partial charge < -0.3 is 10.1 Å². The number of aromatic amines is 1. The van der Waals surface area contributed by atoms with Crippen LogP contribution in [0.15, 0.2) is 34.7 Å². The fourth-order valence-corrected chi connectivity index (χ4v) is 3.81. The van der Waals surface area contributed by atoms with Gasteiger partial charge in [0.15, 0.2) is 0 Å². The molecule has 0 radical (unpaired) electrons. The molecule has 1 atom stereocenters. The summed E-state index contributed by atoms with van der Waals surface area (Å²) in [5.41, 5.74) is 2.58. The summed E-state index contributed by atoms with van der Waals surface area (Å²) >= 11 is 0. The number of H-pyrrole nitrogens is 1. The summed E-state index contributed by atoms with van der Waals surface area (Å²) in [4.78, 5) is 18.3. The molecule has 0 aliphatic heterocycles. The van der Waals surface area contributed by atoms with Gasteiger partial charge in [-0.15, -0.1) is 0 Å². The number of allylic oxidation sites excluding steroid dienone is 1. The topological polar surface area (TPSA) is 95.1 Å². The van der Waals surface area contributed by atoms with Gasteiger partial charge in [-0.2, -0.15) is 0 Å². The molecule has 1 aliphatic rings. The van der Waals surface area contributed by atoms with E-state index in [4.69, 9.17) is 5.11 Å². The van der Waals surface area contributed by atoms with Crippen LogP contribution in [0, 0.1) is 0 Å². The van der Waals surface area contributed by atoms with Crippen molar-refractivity contribution >= 4 is 33.9 Å². The number of carboxylic acid groups (broad SMARTS) is 1. The Bertz CT molecular complexity index is 766. The number of amides is 1. The molecule has 1 aromatic carbocycles. The van der Waals surface area contributed by atoms with E-state index in [1.54, 1.807) is 18.2 Å². The number of hydrogen-bond donors (Lipinski definition) is 3. The van der Waals surface area contributed by atoms with E-state index in [9.17, 15) is 9.00 Å². The predicted octanol–water partition coefficient (Wildman–Crippen LogP) is 3.26. The molecule has 7 heteroatoms. The lowest BCUT2D eigenvalue weighted by Crippen LogP contribution is -2.08. The Morgan fingerprint density at radius 1 is 1.41 bits per heavy atom. The number of benzene rings is 1. The van der Waals surface area contributed by atoms with Gasteiger partial charge in [-0.05, 0) is 43.9 Å². The maximum Gasteiger partial charge on any atom is 0.411 e. The third-order valence-electron chi connectivity index (χ3n) is 3.64. The average Bonchev–Trinajstić information content (AvgIpc) is 2.88. The molecule has 0 fully saturated rings. The zero-order valence-electron chi connectivity index (χ0n) is 12.0. The minimum absolute atomic E-state index is 0.167. The van der Waals surface area contributed by atoms with Gasteiger partial charge in [-0.1, -0.05) is 11.6 Å². The molecule has 22 heavy (non-hydrogen) atoms. The van der Waals surface area contributed by atoms with Crippen molar-refractivity contribution in [3.63, 3.8) is 0 Å². The molecule has 1 aromatic heterocycles. The number of anilines is 1. The molecular weight excluding hydrogens is 302 g/mol. The van der Waals surface area contributed by atoms with Gasteiger partial charge in [-0.3, -0.25) is 9.53 Å². The van der Waals surface area contributed by atoms with Crippen molar-refractivity contribution in [2.75, 3.05) is 11.1 Å². The van der Waals surface area contributed by atoms with Gasteiger partial charge in [0, 0.05) is 10.6 Å².